The van der Waals surface area contributed by atoms with Crippen molar-refractivity contribution in [2.45, 2.75) is 13.8 Å². The summed E-state index contributed by atoms with van der Waals surface area (Å²) in [5.41, 5.74) is 1.30. The Bertz CT molecular complexity index is 515. The molecule has 0 fully saturated rings. The second kappa shape index (κ2) is 6.30. The molecular formula is C13H15N3O2. The molecule has 18 heavy (non-hydrogen) atoms. The molecule has 1 aromatic rings. The summed E-state index contributed by atoms with van der Waals surface area (Å²) < 4.78 is 0. The molecule has 0 spiro atoms. The lowest BCUT2D eigenvalue weighted by Gasteiger charge is -2.08. The van der Waals surface area contributed by atoms with Crippen LogP contribution in [-0.4, -0.2) is 17.6 Å². The predicted octanol–water partition coefficient (Wildman–Crippen LogP) is 1.66. The molecule has 5 heteroatoms. The Hall–Kier alpha value is -2.48. The zero-order chi connectivity index (χ0) is 13.5. The average molecular weight is 245 g/mol. The van der Waals surface area contributed by atoms with E-state index in [2.05, 4.69) is 10.6 Å². The number of nitriles is 1. The molecule has 0 bridgehead atoms. The van der Waals surface area contributed by atoms with Crippen molar-refractivity contribution >= 4 is 11.6 Å². The molecule has 0 aliphatic heterocycles. The Morgan fingerprint density at radius 3 is 2.83 bits per heavy atom. The summed E-state index contributed by atoms with van der Waals surface area (Å²) in [5, 5.41) is 23.5. The van der Waals surface area contributed by atoms with Crippen LogP contribution < -0.4 is 10.6 Å². The minimum Gasteiger partial charge on any atom is -0.508 e. The topological polar surface area (TPSA) is 85.2 Å². The van der Waals surface area contributed by atoms with E-state index in [9.17, 15) is 9.90 Å². The van der Waals surface area contributed by atoms with Crippen LogP contribution in [0.25, 0.3) is 0 Å². The molecule has 0 aliphatic carbocycles. The van der Waals surface area contributed by atoms with Crippen LogP contribution in [0.2, 0.25) is 0 Å². The average Bonchev–Trinajstić information content (AvgIpc) is 2.34. The lowest BCUT2D eigenvalue weighted by Crippen LogP contribution is -2.17. The number of amides is 1. The summed E-state index contributed by atoms with van der Waals surface area (Å²) in [6, 6.07) is 6.43. The van der Waals surface area contributed by atoms with E-state index in [-0.39, 0.29) is 11.3 Å². The first-order valence-corrected chi connectivity index (χ1v) is 5.53. The molecule has 0 radical (unpaired) electrons. The fourth-order valence-electron chi connectivity index (χ4n) is 1.33. The van der Waals surface area contributed by atoms with Crippen molar-refractivity contribution in [3.63, 3.8) is 0 Å². The zero-order valence-corrected chi connectivity index (χ0v) is 10.3. The minimum absolute atomic E-state index is 0.00400. The summed E-state index contributed by atoms with van der Waals surface area (Å²) in [4.78, 5) is 11.8. The number of phenolic OH excluding ortho intramolecular Hbond substituents is 1. The van der Waals surface area contributed by atoms with Crippen LogP contribution >= 0.6 is 0 Å². The summed E-state index contributed by atoms with van der Waals surface area (Å²) in [6.07, 6.45) is 1.38. The van der Waals surface area contributed by atoms with Gasteiger partial charge in [-0.2, -0.15) is 5.26 Å². The number of carbonyl (C=O) groups excluding carboxylic acids is 1. The van der Waals surface area contributed by atoms with Crippen LogP contribution in [-0.2, 0) is 4.79 Å². The maximum Gasteiger partial charge on any atom is 0.267 e. The van der Waals surface area contributed by atoms with Gasteiger partial charge in [0.05, 0.1) is 0 Å². The SMILES string of the molecule is CCN/C=C(/C#N)C(=O)Nc1ccc(O)cc1C. The molecule has 0 heterocycles. The van der Waals surface area contributed by atoms with Gasteiger partial charge in [-0.3, -0.25) is 4.79 Å². The molecule has 1 aromatic carbocycles. The fraction of sp³-hybridized carbons (Fsp3) is 0.231. The minimum atomic E-state index is -0.479. The van der Waals surface area contributed by atoms with Crippen LogP contribution in [0.5, 0.6) is 5.75 Å². The second-order valence-corrected chi connectivity index (χ2v) is 3.68. The second-order valence-electron chi connectivity index (χ2n) is 3.68. The highest BCUT2D eigenvalue weighted by atomic mass is 16.3. The van der Waals surface area contributed by atoms with E-state index in [1.165, 1.54) is 18.3 Å². The van der Waals surface area contributed by atoms with Crippen LogP contribution in [0.3, 0.4) is 0 Å². The number of hydrogen-bond acceptors (Lipinski definition) is 4. The van der Waals surface area contributed by atoms with Gasteiger partial charge in [0.15, 0.2) is 0 Å². The van der Waals surface area contributed by atoms with E-state index in [1.807, 2.05) is 13.0 Å². The van der Waals surface area contributed by atoms with E-state index in [4.69, 9.17) is 5.26 Å². The van der Waals surface area contributed by atoms with Gasteiger partial charge in [-0.15, -0.1) is 0 Å². The molecule has 0 saturated heterocycles. The lowest BCUT2D eigenvalue weighted by molar-refractivity contribution is -0.112. The largest absolute Gasteiger partial charge is 0.508 e. The molecular weight excluding hydrogens is 230 g/mol. The van der Waals surface area contributed by atoms with Gasteiger partial charge >= 0.3 is 0 Å². The maximum atomic E-state index is 11.8. The first-order valence-electron chi connectivity index (χ1n) is 5.53. The number of anilines is 1. The van der Waals surface area contributed by atoms with Crippen LogP contribution in [0.1, 0.15) is 12.5 Å². The normalized spacial score (nSPS) is 10.6. The van der Waals surface area contributed by atoms with Gasteiger partial charge in [0.2, 0.25) is 0 Å². The summed E-state index contributed by atoms with van der Waals surface area (Å²) in [7, 11) is 0. The van der Waals surface area contributed by atoms with Gasteiger partial charge < -0.3 is 15.7 Å². The number of nitrogens with zero attached hydrogens (tertiary/aromatic N) is 1. The highest BCUT2D eigenvalue weighted by molar-refractivity contribution is 6.06. The van der Waals surface area contributed by atoms with Crippen LogP contribution in [0, 0.1) is 18.3 Å². The third-order valence-corrected chi connectivity index (χ3v) is 2.27. The molecule has 0 aromatic heterocycles. The first kappa shape index (κ1) is 13.6. The van der Waals surface area contributed by atoms with E-state index in [1.54, 1.807) is 13.0 Å². The summed E-state index contributed by atoms with van der Waals surface area (Å²) >= 11 is 0. The van der Waals surface area contributed by atoms with Crippen molar-refractivity contribution in [2.75, 3.05) is 11.9 Å². The fourth-order valence-corrected chi connectivity index (χ4v) is 1.33. The Labute approximate surface area is 106 Å². The molecule has 1 amide bonds. The summed E-state index contributed by atoms with van der Waals surface area (Å²) in [5.74, 6) is -0.346. The van der Waals surface area contributed by atoms with Gasteiger partial charge in [0.25, 0.3) is 5.91 Å². The van der Waals surface area contributed by atoms with E-state index in [0.29, 0.717) is 12.2 Å². The van der Waals surface area contributed by atoms with Gasteiger partial charge in [0.1, 0.15) is 17.4 Å². The number of aryl methyl sites for hydroxylation is 1. The Balaban J connectivity index is 2.84. The molecule has 1 rings (SSSR count). The molecule has 0 saturated carbocycles. The van der Waals surface area contributed by atoms with Crippen LogP contribution in [0.4, 0.5) is 5.69 Å². The summed E-state index contributed by atoms with van der Waals surface area (Å²) in [6.45, 7) is 4.26. The number of phenols is 1. The van der Waals surface area contributed by atoms with E-state index in [0.717, 1.165) is 5.56 Å². The zero-order valence-electron chi connectivity index (χ0n) is 10.3. The highest BCUT2D eigenvalue weighted by Crippen LogP contribution is 2.20. The number of hydrogen-bond donors (Lipinski definition) is 3. The molecule has 5 nitrogen and oxygen atoms in total. The molecule has 94 valence electrons. The third-order valence-electron chi connectivity index (χ3n) is 2.27. The van der Waals surface area contributed by atoms with Gasteiger partial charge in [0, 0.05) is 18.4 Å². The molecule has 0 atom stereocenters. The van der Waals surface area contributed by atoms with Crippen molar-refractivity contribution in [2.24, 2.45) is 0 Å². The van der Waals surface area contributed by atoms with E-state index >= 15 is 0 Å². The predicted molar refractivity (Wildman–Crippen MR) is 68.8 cm³/mol. The molecule has 0 unspecified atom stereocenters. The van der Waals surface area contributed by atoms with E-state index < -0.39 is 5.91 Å². The quantitative estimate of drug-likeness (QED) is 0.428. The molecule has 0 aliphatic rings. The first-order chi connectivity index (χ1) is 8.58. The maximum absolute atomic E-state index is 11.8. The van der Waals surface area contributed by atoms with Gasteiger partial charge in [-0.05, 0) is 37.6 Å². The van der Waals surface area contributed by atoms with Crippen LogP contribution in [0.15, 0.2) is 30.0 Å². The number of carbonyl (C=O) groups is 1. The standard InChI is InChI=1S/C13H15N3O2/c1-3-15-8-10(7-14)13(18)16-12-5-4-11(17)6-9(12)2/h4-6,8,15,17H,3H2,1-2H3,(H,16,18)/b10-8-. The highest BCUT2D eigenvalue weighted by Gasteiger charge is 2.10. The van der Waals surface area contributed by atoms with Crippen molar-refractivity contribution in [1.82, 2.24) is 5.32 Å². The van der Waals surface area contributed by atoms with Gasteiger partial charge in [-0.25, -0.2) is 0 Å². The third kappa shape index (κ3) is 3.52. The smallest absolute Gasteiger partial charge is 0.267 e. The monoisotopic (exact) mass is 245 g/mol. The number of benzene rings is 1. The number of nitrogens with one attached hydrogen (secondary N) is 2. The Morgan fingerprint density at radius 1 is 1.56 bits per heavy atom. The van der Waals surface area contributed by atoms with Crippen molar-refractivity contribution in [3.05, 3.63) is 35.5 Å². The Kier molecular flexibility index (Phi) is 4.76. The molecule has 3 N–H and O–H groups in total. The van der Waals surface area contributed by atoms with Crippen molar-refractivity contribution in [3.8, 4) is 11.8 Å². The number of rotatable bonds is 4. The lowest BCUT2D eigenvalue weighted by atomic mass is 10.2. The van der Waals surface area contributed by atoms with Gasteiger partial charge in [-0.1, -0.05) is 0 Å². The van der Waals surface area contributed by atoms with Crippen molar-refractivity contribution < 1.29 is 9.90 Å². The van der Waals surface area contributed by atoms with Crippen molar-refractivity contribution in [1.29, 1.82) is 5.26 Å². The Morgan fingerprint density at radius 2 is 2.28 bits per heavy atom. The number of aromatic hydroxyl groups is 1.